The van der Waals surface area contributed by atoms with E-state index in [-0.39, 0.29) is 12.1 Å². The lowest BCUT2D eigenvalue weighted by Crippen LogP contribution is -2.42. The van der Waals surface area contributed by atoms with Gasteiger partial charge in [-0.2, -0.15) is 5.10 Å². The van der Waals surface area contributed by atoms with Crippen molar-refractivity contribution in [1.29, 1.82) is 0 Å². The Kier molecular flexibility index (Phi) is 4.17. The number of ether oxygens (including phenoxy) is 2. The van der Waals surface area contributed by atoms with Crippen LogP contribution in [0.2, 0.25) is 0 Å². The maximum Gasteiger partial charge on any atom is 0.161 e. The fourth-order valence-electron chi connectivity index (χ4n) is 2.59. The van der Waals surface area contributed by atoms with Crippen LogP contribution >= 0.6 is 15.9 Å². The van der Waals surface area contributed by atoms with Crippen LogP contribution < -0.4 is 14.8 Å². The van der Waals surface area contributed by atoms with Gasteiger partial charge in [0.1, 0.15) is 6.61 Å². The van der Waals surface area contributed by atoms with Gasteiger partial charge in [-0.25, -0.2) is 0 Å². The van der Waals surface area contributed by atoms with Gasteiger partial charge in [-0.15, -0.1) is 0 Å². The van der Waals surface area contributed by atoms with Gasteiger partial charge in [0, 0.05) is 7.05 Å². The number of benzene rings is 1. The maximum absolute atomic E-state index is 6.13. The molecule has 0 amide bonds. The molecule has 2 atom stereocenters. The highest BCUT2D eigenvalue weighted by molar-refractivity contribution is 9.10. The van der Waals surface area contributed by atoms with Gasteiger partial charge >= 0.3 is 0 Å². The molecule has 1 N–H and O–H groups in total. The van der Waals surface area contributed by atoms with Crippen molar-refractivity contribution in [2.45, 2.75) is 19.1 Å². The van der Waals surface area contributed by atoms with Gasteiger partial charge in [-0.05, 0) is 34.6 Å². The fraction of sp³-hybridized carbons (Fsp3) is 0.400. The van der Waals surface area contributed by atoms with Crippen molar-refractivity contribution in [2.24, 2.45) is 7.05 Å². The molecule has 0 saturated heterocycles. The fourth-order valence-corrected chi connectivity index (χ4v) is 3.19. The van der Waals surface area contributed by atoms with Crippen molar-refractivity contribution in [3.63, 3.8) is 0 Å². The lowest BCUT2D eigenvalue weighted by Gasteiger charge is -2.32. The molecular weight excluding hydrogens is 334 g/mol. The molecular formula is C15H18BrN3O2. The van der Waals surface area contributed by atoms with Gasteiger partial charge in [0.15, 0.2) is 17.6 Å². The Labute approximate surface area is 132 Å². The Morgan fingerprint density at radius 2 is 2.19 bits per heavy atom. The number of hydrogen-bond acceptors (Lipinski definition) is 4. The van der Waals surface area contributed by atoms with Gasteiger partial charge < -0.3 is 14.8 Å². The molecule has 2 unspecified atom stereocenters. The van der Waals surface area contributed by atoms with Crippen LogP contribution in [0.5, 0.6) is 11.5 Å². The minimum Gasteiger partial charge on any atom is -0.486 e. The molecule has 0 saturated carbocycles. The first-order chi connectivity index (χ1) is 10.2. The van der Waals surface area contributed by atoms with Crippen LogP contribution in [0.3, 0.4) is 0 Å². The number of nitrogens with zero attached hydrogens (tertiary/aromatic N) is 2. The first-order valence-corrected chi connectivity index (χ1v) is 7.79. The van der Waals surface area contributed by atoms with Crippen LogP contribution in [0.25, 0.3) is 0 Å². The van der Waals surface area contributed by atoms with Gasteiger partial charge in [-0.1, -0.05) is 19.1 Å². The summed E-state index contributed by atoms with van der Waals surface area (Å²) in [6.45, 7) is 3.42. The van der Waals surface area contributed by atoms with E-state index in [1.807, 2.05) is 36.0 Å². The third-order valence-electron chi connectivity index (χ3n) is 3.56. The third-order valence-corrected chi connectivity index (χ3v) is 4.17. The molecule has 1 aromatic heterocycles. The summed E-state index contributed by atoms with van der Waals surface area (Å²) in [6, 6.07) is 7.76. The average molecular weight is 352 g/mol. The molecule has 0 fully saturated rings. The Morgan fingerprint density at radius 3 is 2.86 bits per heavy atom. The Balaban J connectivity index is 1.89. The first-order valence-electron chi connectivity index (χ1n) is 7.00. The van der Waals surface area contributed by atoms with Crippen LogP contribution in [0.1, 0.15) is 18.7 Å². The van der Waals surface area contributed by atoms with Crippen molar-refractivity contribution >= 4 is 15.9 Å². The summed E-state index contributed by atoms with van der Waals surface area (Å²) in [6.07, 6.45) is 1.70. The summed E-state index contributed by atoms with van der Waals surface area (Å²) in [5, 5.41) is 7.76. The zero-order chi connectivity index (χ0) is 14.8. The average Bonchev–Trinajstić information content (AvgIpc) is 2.84. The van der Waals surface area contributed by atoms with Crippen LogP contribution in [-0.2, 0) is 7.05 Å². The zero-order valence-corrected chi connectivity index (χ0v) is 13.6. The predicted molar refractivity (Wildman–Crippen MR) is 83.7 cm³/mol. The van der Waals surface area contributed by atoms with Gasteiger partial charge in [-0.3, -0.25) is 4.68 Å². The molecule has 1 aliphatic rings. The highest BCUT2D eigenvalue weighted by Gasteiger charge is 2.32. The molecule has 1 aromatic carbocycles. The number of halogens is 1. The standard InChI is InChI=1S/C15H18BrN3O2/c1-3-17-14(15-10(16)8-18-19(15)2)13-9-20-11-6-4-5-7-12(11)21-13/h4-8,13-14,17H,3,9H2,1-2H3. The number of nitrogens with one attached hydrogen (secondary N) is 1. The summed E-state index contributed by atoms with van der Waals surface area (Å²) >= 11 is 3.57. The summed E-state index contributed by atoms with van der Waals surface area (Å²) in [5.74, 6) is 1.59. The smallest absolute Gasteiger partial charge is 0.161 e. The Hall–Kier alpha value is -1.53. The second kappa shape index (κ2) is 6.07. The topological polar surface area (TPSA) is 48.3 Å². The minimum atomic E-state index is -0.105. The van der Waals surface area contributed by atoms with Crippen molar-refractivity contribution in [3.05, 3.63) is 40.6 Å². The Morgan fingerprint density at radius 1 is 1.43 bits per heavy atom. The molecule has 2 aromatic rings. The van der Waals surface area contributed by atoms with E-state index in [4.69, 9.17) is 9.47 Å². The first kappa shape index (κ1) is 14.4. The Bertz CT molecular complexity index is 610. The van der Waals surface area contributed by atoms with Gasteiger partial charge in [0.05, 0.1) is 22.4 Å². The minimum absolute atomic E-state index is 0.00484. The molecule has 1 aliphatic heterocycles. The van der Waals surface area contributed by atoms with E-state index in [1.165, 1.54) is 0 Å². The SMILES string of the molecule is CCNC(c1c(Br)cnn1C)C1COc2ccccc2O1. The van der Waals surface area contributed by atoms with Crippen LogP contribution in [-0.4, -0.2) is 29.0 Å². The molecule has 0 spiro atoms. The second-order valence-corrected chi connectivity index (χ2v) is 5.81. The largest absolute Gasteiger partial charge is 0.486 e. The van der Waals surface area contributed by atoms with E-state index in [1.54, 1.807) is 6.20 Å². The summed E-state index contributed by atoms with van der Waals surface area (Å²) in [4.78, 5) is 0. The summed E-state index contributed by atoms with van der Waals surface area (Å²) in [7, 11) is 1.93. The van der Waals surface area contributed by atoms with E-state index in [0.29, 0.717) is 6.61 Å². The monoisotopic (exact) mass is 351 g/mol. The van der Waals surface area contributed by atoms with Crippen LogP contribution in [0, 0.1) is 0 Å². The number of hydrogen-bond donors (Lipinski definition) is 1. The molecule has 2 heterocycles. The molecule has 21 heavy (non-hydrogen) atoms. The quantitative estimate of drug-likeness (QED) is 0.919. The number of aryl methyl sites for hydroxylation is 1. The van der Waals surface area contributed by atoms with Crippen molar-refractivity contribution in [1.82, 2.24) is 15.1 Å². The predicted octanol–water partition coefficient (Wildman–Crippen LogP) is 2.67. The molecule has 0 bridgehead atoms. The maximum atomic E-state index is 6.13. The van der Waals surface area contributed by atoms with Crippen molar-refractivity contribution in [3.8, 4) is 11.5 Å². The van der Waals surface area contributed by atoms with Crippen LogP contribution in [0.15, 0.2) is 34.9 Å². The van der Waals surface area contributed by atoms with Gasteiger partial charge in [0.2, 0.25) is 0 Å². The normalized spacial score (nSPS) is 18.5. The summed E-state index contributed by atoms with van der Waals surface area (Å²) < 4.78 is 14.8. The zero-order valence-electron chi connectivity index (χ0n) is 12.0. The molecule has 6 heteroatoms. The molecule has 0 aliphatic carbocycles. The number of para-hydroxylation sites is 2. The lowest BCUT2D eigenvalue weighted by molar-refractivity contribution is 0.0597. The van der Waals surface area contributed by atoms with E-state index in [0.717, 1.165) is 28.2 Å². The van der Waals surface area contributed by atoms with E-state index < -0.39 is 0 Å². The van der Waals surface area contributed by atoms with E-state index >= 15 is 0 Å². The van der Waals surface area contributed by atoms with E-state index in [2.05, 4.69) is 33.3 Å². The highest BCUT2D eigenvalue weighted by Crippen LogP contribution is 2.35. The van der Waals surface area contributed by atoms with Crippen molar-refractivity contribution in [2.75, 3.05) is 13.2 Å². The van der Waals surface area contributed by atoms with Crippen molar-refractivity contribution < 1.29 is 9.47 Å². The molecule has 112 valence electrons. The molecule has 5 nitrogen and oxygen atoms in total. The highest BCUT2D eigenvalue weighted by atomic mass is 79.9. The second-order valence-electron chi connectivity index (χ2n) is 4.95. The number of likely N-dealkylation sites (N-methyl/N-ethyl adjacent to an activating group) is 1. The number of fused-ring (bicyclic) bond motifs is 1. The molecule has 0 radical (unpaired) electrons. The third kappa shape index (κ3) is 2.78. The number of aromatic nitrogens is 2. The summed E-state index contributed by atoms with van der Waals surface area (Å²) in [5.41, 5.74) is 1.06. The lowest BCUT2D eigenvalue weighted by atomic mass is 10.1. The van der Waals surface area contributed by atoms with E-state index in [9.17, 15) is 0 Å². The van der Waals surface area contributed by atoms with Crippen LogP contribution in [0.4, 0.5) is 0 Å². The molecule has 3 rings (SSSR count). The van der Waals surface area contributed by atoms with Gasteiger partial charge in [0.25, 0.3) is 0 Å². The number of rotatable bonds is 4.